The number of aromatic nitrogens is 1. The van der Waals surface area contributed by atoms with Gasteiger partial charge in [-0.25, -0.2) is 4.98 Å². The molecule has 1 amide bonds. The van der Waals surface area contributed by atoms with E-state index in [1.165, 1.54) is 0 Å². The van der Waals surface area contributed by atoms with Crippen molar-refractivity contribution in [1.29, 1.82) is 0 Å². The first kappa shape index (κ1) is 10.5. The maximum Gasteiger partial charge on any atom is 0.239 e. The normalized spacial score (nSPS) is 9.64. The number of carbonyl (C=O) groups is 1. The fourth-order valence-corrected chi connectivity index (χ4v) is 1.06. The van der Waals surface area contributed by atoms with E-state index in [0.29, 0.717) is 6.54 Å². The van der Waals surface area contributed by atoms with Gasteiger partial charge in [-0.2, -0.15) is 0 Å². The van der Waals surface area contributed by atoms with Crippen LogP contribution in [0.1, 0.15) is 5.56 Å². The number of aryl methyl sites for hydroxylation is 1. The highest BCUT2D eigenvalue weighted by atomic mass is 16.1. The highest BCUT2D eigenvalue weighted by Crippen LogP contribution is 2.07. The van der Waals surface area contributed by atoms with Gasteiger partial charge in [0.05, 0.1) is 6.54 Å². The van der Waals surface area contributed by atoms with Gasteiger partial charge in [0.15, 0.2) is 0 Å². The minimum atomic E-state index is -0.0186. The van der Waals surface area contributed by atoms with E-state index in [0.717, 1.165) is 11.4 Å². The fourth-order valence-electron chi connectivity index (χ4n) is 1.06. The minimum Gasteiger partial charge on any atom is -0.358 e. The Morgan fingerprint density at radius 2 is 2.29 bits per heavy atom. The van der Waals surface area contributed by atoms with Gasteiger partial charge < -0.3 is 10.2 Å². The van der Waals surface area contributed by atoms with Crippen LogP contribution in [0.2, 0.25) is 0 Å². The molecule has 0 spiro atoms. The van der Waals surface area contributed by atoms with Crippen LogP contribution in [0, 0.1) is 6.92 Å². The molecule has 0 aliphatic carbocycles. The molecule has 4 heteroatoms. The Morgan fingerprint density at radius 1 is 1.57 bits per heavy atom. The third kappa shape index (κ3) is 2.73. The summed E-state index contributed by atoms with van der Waals surface area (Å²) in [5.41, 5.74) is 1.11. The van der Waals surface area contributed by atoms with Crippen LogP contribution in [-0.2, 0) is 4.79 Å². The van der Waals surface area contributed by atoms with E-state index in [-0.39, 0.29) is 5.91 Å². The molecule has 0 atom stereocenters. The summed E-state index contributed by atoms with van der Waals surface area (Å²) in [7, 11) is 3.46. The quantitative estimate of drug-likeness (QED) is 0.763. The highest BCUT2D eigenvalue weighted by molar-refractivity contribution is 5.80. The number of likely N-dealkylation sites (N-methyl/N-ethyl adjacent to an activating group) is 2. The second-order valence-corrected chi connectivity index (χ2v) is 3.22. The Morgan fingerprint density at radius 3 is 2.79 bits per heavy atom. The van der Waals surface area contributed by atoms with Crippen LogP contribution in [-0.4, -0.2) is 31.5 Å². The van der Waals surface area contributed by atoms with Crippen LogP contribution in [0.15, 0.2) is 18.3 Å². The number of nitrogens with zero attached hydrogens (tertiary/aromatic N) is 2. The van der Waals surface area contributed by atoms with Crippen molar-refractivity contribution < 1.29 is 4.79 Å². The molecule has 0 fully saturated rings. The number of nitrogens with one attached hydrogen (secondary N) is 1. The SMILES string of the molecule is CNC(=O)CN(C)c1ccc(C)cn1. The highest BCUT2D eigenvalue weighted by Gasteiger charge is 2.05. The number of anilines is 1. The molecule has 1 rings (SSSR count). The largest absolute Gasteiger partial charge is 0.358 e. The topological polar surface area (TPSA) is 45.2 Å². The van der Waals surface area contributed by atoms with Gasteiger partial charge in [0.1, 0.15) is 5.82 Å². The molecule has 0 aromatic carbocycles. The first-order chi connectivity index (χ1) is 6.63. The average Bonchev–Trinajstić information content (AvgIpc) is 2.18. The standard InChI is InChI=1S/C10H15N3O/c1-8-4-5-9(12-6-8)13(3)7-10(14)11-2/h4-6H,7H2,1-3H3,(H,11,14). The van der Waals surface area contributed by atoms with E-state index >= 15 is 0 Å². The monoisotopic (exact) mass is 193 g/mol. The number of hydrogen-bond acceptors (Lipinski definition) is 3. The van der Waals surface area contributed by atoms with Gasteiger partial charge in [-0.15, -0.1) is 0 Å². The Hall–Kier alpha value is -1.58. The number of hydrogen-bond donors (Lipinski definition) is 1. The molecule has 0 aliphatic heterocycles. The smallest absolute Gasteiger partial charge is 0.239 e. The van der Waals surface area contributed by atoms with Crippen LogP contribution in [0.25, 0.3) is 0 Å². The molecule has 0 saturated heterocycles. The molecule has 1 aromatic rings. The molecular formula is C10H15N3O. The molecule has 0 aliphatic rings. The van der Waals surface area contributed by atoms with Gasteiger partial charge in [-0.3, -0.25) is 4.79 Å². The van der Waals surface area contributed by atoms with Crippen molar-refractivity contribution in [3.63, 3.8) is 0 Å². The van der Waals surface area contributed by atoms with Crippen molar-refractivity contribution >= 4 is 11.7 Å². The molecule has 1 aromatic heterocycles. The minimum absolute atomic E-state index is 0.0186. The average molecular weight is 193 g/mol. The second kappa shape index (κ2) is 4.60. The lowest BCUT2D eigenvalue weighted by Crippen LogP contribution is -2.33. The van der Waals surface area contributed by atoms with Crippen molar-refractivity contribution in [2.75, 3.05) is 25.5 Å². The van der Waals surface area contributed by atoms with E-state index < -0.39 is 0 Å². The van der Waals surface area contributed by atoms with Gasteiger partial charge in [0.25, 0.3) is 0 Å². The van der Waals surface area contributed by atoms with E-state index in [9.17, 15) is 4.79 Å². The lowest BCUT2D eigenvalue weighted by molar-refractivity contribution is -0.119. The van der Waals surface area contributed by atoms with E-state index in [1.807, 2.05) is 26.1 Å². The predicted octanol–water partition coefficient (Wildman–Crippen LogP) is 0.572. The summed E-state index contributed by atoms with van der Waals surface area (Å²) in [6.07, 6.45) is 1.79. The molecule has 0 bridgehead atoms. The molecule has 14 heavy (non-hydrogen) atoms. The van der Waals surface area contributed by atoms with Gasteiger partial charge >= 0.3 is 0 Å². The molecule has 0 unspecified atom stereocenters. The molecule has 0 radical (unpaired) electrons. The van der Waals surface area contributed by atoms with Crippen LogP contribution in [0.4, 0.5) is 5.82 Å². The molecular weight excluding hydrogens is 178 g/mol. The Bertz CT molecular complexity index is 308. The van der Waals surface area contributed by atoms with Crippen molar-refractivity contribution in [2.45, 2.75) is 6.92 Å². The molecule has 76 valence electrons. The van der Waals surface area contributed by atoms with Crippen LogP contribution >= 0.6 is 0 Å². The summed E-state index contributed by atoms with van der Waals surface area (Å²) in [6, 6.07) is 3.88. The van der Waals surface area contributed by atoms with Gasteiger partial charge in [-0.05, 0) is 18.6 Å². The summed E-state index contributed by atoms with van der Waals surface area (Å²) in [6.45, 7) is 2.31. The van der Waals surface area contributed by atoms with Crippen LogP contribution in [0.3, 0.4) is 0 Å². The zero-order chi connectivity index (χ0) is 10.6. The zero-order valence-electron chi connectivity index (χ0n) is 8.74. The van der Waals surface area contributed by atoms with Crippen molar-refractivity contribution in [3.8, 4) is 0 Å². The lowest BCUT2D eigenvalue weighted by atomic mass is 10.3. The van der Waals surface area contributed by atoms with Gasteiger partial charge in [-0.1, -0.05) is 6.07 Å². The number of carbonyl (C=O) groups excluding carboxylic acids is 1. The van der Waals surface area contributed by atoms with Crippen molar-refractivity contribution in [2.24, 2.45) is 0 Å². The van der Waals surface area contributed by atoms with Crippen LogP contribution in [0.5, 0.6) is 0 Å². The Labute approximate surface area is 83.9 Å². The fraction of sp³-hybridized carbons (Fsp3) is 0.400. The molecule has 0 saturated carbocycles. The van der Waals surface area contributed by atoms with E-state index in [4.69, 9.17) is 0 Å². The maximum atomic E-state index is 11.1. The van der Waals surface area contributed by atoms with Gasteiger partial charge in [0.2, 0.25) is 5.91 Å². The third-order valence-electron chi connectivity index (χ3n) is 1.95. The van der Waals surface area contributed by atoms with E-state index in [2.05, 4.69) is 10.3 Å². The van der Waals surface area contributed by atoms with Crippen LogP contribution < -0.4 is 10.2 Å². The van der Waals surface area contributed by atoms with Gasteiger partial charge in [0, 0.05) is 20.3 Å². The predicted molar refractivity (Wildman–Crippen MR) is 56.3 cm³/mol. The first-order valence-electron chi connectivity index (χ1n) is 4.48. The molecule has 4 nitrogen and oxygen atoms in total. The number of pyridine rings is 1. The number of amides is 1. The summed E-state index contributed by atoms with van der Waals surface area (Å²) >= 11 is 0. The lowest BCUT2D eigenvalue weighted by Gasteiger charge is -2.16. The number of rotatable bonds is 3. The third-order valence-corrected chi connectivity index (χ3v) is 1.95. The molecule has 1 N–H and O–H groups in total. The summed E-state index contributed by atoms with van der Waals surface area (Å²) in [5, 5.41) is 2.57. The summed E-state index contributed by atoms with van der Waals surface area (Å²) in [5.74, 6) is 0.786. The Balaban J connectivity index is 2.65. The maximum absolute atomic E-state index is 11.1. The second-order valence-electron chi connectivity index (χ2n) is 3.22. The summed E-state index contributed by atoms with van der Waals surface area (Å²) in [4.78, 5) is 17.1. The molecule has 1 heterocycles. The first-order valence-corrected chi connectivity index (χ1v) is 4.48. The van der Waals surface area contributed by atoms with Crippen molar-refractivity contribution in [3.05, 3.63) is 23.9 Å². The summed E-state index contributed by atoms with van der Waals surface area (Å²) < 4.78 is 0. The van der Waals surface area contributed by atoms with Crippen molar-refractivity contribution in [1.82, 2.24) is 10.3 Å². The van der Waals surface area contributed by atoms with E-state index in [1.54, 1.807) is 18.1 Å². The zero-order valence-corrected chi connectivity index (χ0v) is 8.74. The Kier molecular flexibility index (Phi) is 3.45.